The summed E-state index contributed by atoms with van der Waals surface area (Å²) in [5.41, 5.74) is 9.79. The van der Waals surface area contributed by atoms with Crippen molar-refractivity contribution in [3.05, 3.63) is 94.9 Å². The van der Waals surface area contributed by atoms with Gasteiger partial charge in [-0.25, -0.2) is 0 Å². The Bertz CT molecular complexity index is 1410. The Kier molecular flexibility index (Phi) is 5.26. The van der Waals surface area contributed by atoms with Crippen LogP contribution in [0.15, 0.2) is 71.3 Å². The van der Waals surface area contributed by atoms with Gasteiger partial charge < -0.3 is 4.42 Å². The summed E-state index contributed by atoms with van der Waals surface area (Å²) in [5, 5.41) is 2.20. The molecule has 0 amide bonds. The van der Waals surface area contributed by atoms with Crippen LogP contribution in [0.2, 0.25) is 0 Å². The Labute approximate surface area is 189 Å². The van der Waals surface area contributed by atoms with Crippen LogP contribution in [0.5, 0.6) is 0 Å². The summed E-state index contributed by atoms with van der Waals surface area (Å²) in [6, 6.07) is 21.2. The minimum absolute atomic E-state index is 0.610. The van der Waals surface area contributed by atoms with Crippen LogP contribution in [0.3, 0.4) is 0 Å². The molecule has 0 aliphatic rings. The van der Waals surface area contributed by atoms with Crippen LogP contribution in [0.25, 0.3) is 33.2 Å². The number of hydrogen-bond donors (Lipinski definition) is 0. The molecule has 0 unspecified atom stereocenters. The second-order valence-corrected chi connectivity index (χ2v) is 9.15. The van der Waals surface area contributed by atoms with Gasteiger partial charge in [-0.05, 0) is 67.1 Å². The Morgan fingerprint density at radius 1 is 0.906 bits per heavy atom. The fourth-order valence-corrected chi connectivity index (χ4v) is 4.47. The highest BCUT2D eigenvalue weighted by molar-refractivity contribution is 6.07. The van der Waals surface area contributed by atoms with Gasteiger partial charge in [0, 0.05) is 35.3 Å². The first-order valence-electron chi connectivity index (χ1n) is 11.3. The van der Waals surface area contributed by atoms with Gasteiger partial charge in [0.2, 0.25) is 0 Å². The van der Waals surface area contributed by atoms with Crippen molar-refractivity contribution in [3.63, 3.8) is 0 Å². The van der Waals surface area contributed by atoms with Crippen LogP contribution in [0, 0.1) is 19.8 Å². The zero-order chi connectivity index (χ0) is 22.2. The third kappa shape index (κ3) is 3.91. The molecule has 0 saturated carbocycles. The molecular weight excluding hydrogens is 392 g/mol. The predicted molar refractivity (Wildman–Crippen MR) is 132 cm³/mol. The summed E-state index contributed by atoms with van der Waals surface area (Å²) in [6.07, 6.45) is 3.83. The zero-order valence-corrected chi connectivity index (χ0v) is 19.1. The van der Waals surface area contributed by atoms with Crippen molar-refractivity contribution in [3.8, 4) is 11.3 Å². The summed E-state index contributed by atoms with van der Waals surface area (Å²) in [6.45, 7) is 8.68. The van der Waals surface area contributed by atoms with Crippen LogP contribution in [0.4, 0.5) is 0 Å². The van der Waals surface area contributed by atoms with Crippen LogP contribution in [-0.4, -0.2) is 9.97 Å². The van der Waals surface area contributed by atoms with Crippen molar-refractivity contribution >= 4 is 21.9 Å². The van der Waals surface area contributed by atoms with E-state index in [0.29, 0.717) is 5.92 Å². The van der Waals surface area contributed by atoms with Gasteiger partial charge in [-0.2, -0.15) is 0 Å². The summed E-state index contributed by atoms with van der Waals surface area (Å²) < 4.78 is 6.24. The summed E-state index contributed by atoms with van der Waals surface area (Å²) in [5.74, 6) is 0.610. The molecule has 0 spiro atoms. The molecule has 0 radical (unpaired) electrons. The van der Waals surface area contributed by atoms with Gasteiger partial charge in [-0.3, -0.25) is 9.97 Å². The van der Waals surface area contributed by atoms with Gasteiger partial charge in [0.15, 0.2) is 0 Å². The molecule has 3 nitrogen and oxygen atoms in total. The molecule has 0 aliphatic heterocycles. The Hall–Kier alpha value is -3.46. The number of hydrogen-bond acceptors (Lipinski definition) is 3. The highest BCUT2D eigenvalue weighted by Gasteiger charge is 2.16. The summed E-state index contributed by atoms with van der Waals surface area (Å²) in [4.78, 5) is 9.65. The minimum Gasteiger partial charge on any atom is -0.456 e. The average molecular weight is 421 g/mol. The summed E-state index contributed by atoms with van der Waals surface area (Å²) in [7, 11) is 0. The van der Waals surface area contributed by atoms with Gasteiger partial charge in [-0.1, -0.05) is 44.2 Å². The Morgan fingerprint density at radius 3 is 2.50 bits per heavy atom. The molecule has 3 heterocycles. The van der Waals surface area contributed by atoms with Crippen molar-refractivity contribution in [1.29, 1.82) is 0 Å². The van der Waals surface area contributed by atoms with E-state index in [2.05, 4.69) is 69.3 Å². The van der Waals surface area contributed by atoms with Crippen molar-refractivity contribution in [2.45, 2.75) is 40.5 Å². The van der Waals surface area contributed by atoms with Crippen molar-refractivity contribution in [1.82, 2.24) is 9.97 Å². The first kappa shape index (κ1) is 20.4. The first-order valence-corrected chi connectivity index (χ1v) is 11.3. The normalized spacial score (nSPS) is 11.7. The van der Waals surface area contributed by atoms with Crippen molar-refractivity contribution in [2.75, 3.05) is 0 Å². The summed E-state index contributed by atoms with van der Waals surface area (Å²) >= 11 is 0. The van der Waals surface area contributed by atoms with Gasteiger partial charge in [0.25, 0.3) is 0 Å². The number of aromatic nitrogens is 2. The third-order valence-electron chi connectivity index (χ3n) is 6.01. The molecule has 160 valence electrons. The van der Waals surface area contributed by atoms with Crippen LogP contribution < -0.4 is 0 Å². The van der Waals surface area contributed by atoms with Crippen LogP contribution in [-0.2, 0) is 12.8 Å². The van der Waals surface area contributed by atoms with Crippen LogP contribution >= 0.6 is 0 Å². The predicted octanol–water partition coefficient (Wildman–Crippen LogP) is 7.45. The maximum Gasteiger partial charge on any atom is 0.139 e. The highest BCUT2D eigenvalue weighted by atomic mass is 16.3. The third-order valence-corrected chi connectivity index (χ3v) is 6.01. The number of pyridine rings is 2. The molecule has 0 aliphatic carbocycles. The molecular formula is C29H28N2O. The lowest BCUT2D eigenvalue weighted by molar-refractivity contribution is 0.644. The number of benzene rings is 2. The number of aryl methyl sites for hydroxylation is 2. The standard InChI is InChI=1S/C29H28N2O/c1-18(2)12-23-16-25(30-17-19(23)3)22-10-11-27-24(15-22)29-26(14-21-8-6-5-7-9-21)31-20(4)13-28(29)32-27/h5-11,13,15-18H,12,14H2,1-4H3. The van der Waals surface area contributed by atoms with Gasteiger partial charge in [0.05, 0.1) is 16.8 Å². The van der Waals surface area contributed by atoms with E-state index in [1.165, 1.54) is 16.7 Å². The van der Waals surface area contributed by atoms with E-state index in [0.717, 1.165) is 57.4 Å². The average Bonchev–Trinajstić information content (AvgIpc) is 3.13. The number of furan rings is 1. The maximum atomic E-state index is 6.24. The van der Waals surface area contributed by atoms with Gasteiger partial charge >= 0.3 is 0 Å². The molecule has 3 heteroatoms. The monoisotopic (exact) mass is 420 g/mol. The van der Waals surface area contributed by atoms with E-state index >= 15 is 0 Å². The molecule has 5 rings (SSSR count). The molecule has 0 N–H and O–H groups in total. The maximum absolute atomic E-state index is 6.24. The van der Waals surface area contributed by atoms with Gasteiger partial charge in [0.1, 0.15) is 11.2 Å². The van der Waals surface area contributed by atoms with Crippen LogP contribution in [0.1, 0.15) is 41.9 Å². The van der Waals surface area contributed by atoms with Crippen molar-refractivity contribution in [2.24, 2.45) is 5.92 Å². The molecule has 32 heavy (non-hydrogen) atoms. The molecule has 5 aromatic rings. The van der Waals surface area contributed by atoms with E-state index in [1.54, 1.807) is 0 Å². The first-order chi connectivity index (χ1) is 15.5. The second-order valence-electron chi connectivity index (χ2n) is 9.15. The SMILES string of the molecule is Cc1cc2oc3ccc(-c4cc(CC(C)C)c(C)cn4)cc3c2c(Cc2ccccc2)n1. The van der Waals surface area contributed by atoms with Gasteiger partial charge in [-0.15, -0.1) is 0 Å². The fourth-order valence-electron chi connectivity index (χ4n) is 4.47. The van der Waals surface area contributed by atoms with E-state index in [-0.39, 0.29) is 0 Å². The smallest absolute Gasteiger partial charge is 0.139 e. The van der Waals surface area contributed by atoms with E-state index in [9.17, 15) is 0 Å². The molecule has 0 atom stereocenters. The molecule has 0 fully saturated rings. The Morgan fingerprint density at radius 2 is 1.72 bits per heavy atom. The molecule has 0 saturated heterocycles. The lowest BCUT2D eigenvalue weighted by Crippen LogP contribution is -1.99. The second kappa shape index (κ2) is 8.23. The number of rotatable bonds is 5. The topological polar surface area (TPSA) is 38.9 Å². The highest BCUT2D eigenvalue weighted by Crippen LogP contribution is 2.35. The quantitative estimate of drug-likeness (QED) is 0.296. The largest absolute Gasteiger partial charge is 0.456 e. The minimum atomic E-state index is 0.610. The fraction of sp³-hybridized carbons (Fsp3) is 0.241. The van der Waals surface area contributed by atoms with E-state index < -0.39 is 0 Å². The number of nitrogens with zero attached hydrogens (tertiary/aromatic N) is 2. The number of fused-ring (bicyclic) bond motifs is 3. The Balaban J connectivity index is 1.66. The molecule has 2 aromatic carbocycles. The van der Waals surface area contributed by atoms with E-state index in [1.807, 2.05) is 25.3 Å². The lowest BCUT2D eigenvalue weighted by atomic mass is 9.97. The lowest BCUT2D eigenvalue weighted by Gasteiger charge is -2.11. The van der Waals surface area contributed by atoms with E-state index in [4.69, 9.17) is 14.4 Å². The molecule has 3 aromatic heterocycles. The molecule has 0 bridgehead atoms. The zero-order valence-electron chi connectivity index (χ0n) is 19.1. The van der Waals surface area contributed by atoms with Crippen molar-refractivity contribution < 1.29 is 4.42 Å².